The fraction of sp³-hybridized carbons (Fsp3) is 0.188. The van der Waals surface area contributed by atoms with Crippen LogP contribution in [0.4, 0.5) is 5.69 Å². The summed E-state index contributed by atoms with van der Waals surface area (Å²) >= 11 is 5.83. The second kappa shape index (κ2) is 5.55. The summed E-state index contributed by atoms with van der Waals surface area (Å²) in [7, 11) is 0. The average Bonchev–Trinajstić information content (AvgIpc) is 2.49. The van der Waals surface area contributed by atoms with Crippen LogP contribution in [0.5, 0.6) is 5.75 Å². The van der Waals surface area contributed by atoms with Crippen molar-refractivity contribution in [1.82, 2.24) is 0 Å². The zero-order valence-electron chi connectivity index (χ0n) is 10.8. The number of carbonyl (C=O) groups excluding carboxylic acids is 1. The van der Waals surface area contributed by atoms with Gasteiger partial charge in [-0.1, -0.05) is 35.9 Å². The van der Waals surface area contributed by atoms with Crippen LogP contribution in [-0.2, 0) is 11.2 Å². The first-order valence-electron chi connectivity index (χ1n) is 6.49. The molecule has 1 aliphatic heterocycles. The number of para-hydroxylation sites is 2. The summed E-state index contributed by atoms with van der Waals surface area (Å²) in [5, 5.41) is 3.89. The van der Waals surface area contributed by atoms with Gasteiger partial charge in [0.15, 0.2) is 11.9 Å². The van der Waals surface area contributed by atoms with E-state index in [0.29, 0.717) is 18.0 Å². The highest BCUT2D eigenvalue weighted by Gasteiger charge is 2.25. The number of anilines is 1. The predicted octanol–water partition coefficient (Wildman–Crippen LogP) is 3.32. The van der Waals surface area contributed by atoms with Crippen molar-refractivity contribution >= 4 is 23.1 Å². The lowest BCUT2D eigenvalue weighted by molar-refractivity contribution is -0.124. The maximum atomic E-state index is 12.3. The molecule has 2 aromatic rings. The predicted molar refractivity (Wildman–Crippen MR) is 79.5 cm³/mol. The summed E-state index contributed by atoms with van der Waals surface area (Å²) < 4.78 is 5.75. The number of rotatable bonds is 3. The van der Waals surface area contributed by atoms with Crippen LogP contribution in [0.15, 0.2) is 48.5 Å². The summed E-state index contributed by atoms with van der Waals surface area (Å²) in [6.45, 7) is 0.503. The highest BCUT2D eigenvalue weighted by Crippen LogP contribution is 2.28. The van der Waals surface area contributed by atoms with E-state index in [2.05, 4.69) is 5.32 Å². The van der Waals surface area contributed by atoms with E-state index in [9.17, 15) is 4.79 Å². The van der Waals surface area contributed by atoms with Gasteiger partial charge in [0.2, 0.25) is 0 Å². The molecule has 1 heterocycles. The van der Waals surface area contributed by atoms with Gasteiger partial charge in [-0.2, -0.15) is 0 Å². The number of hydrogen-bond acceptors (Lipinski definition) is 3. The SMILES string of the molecule is O=C(Cc1ccc(Cl)cc1)C1CNc2ccccc2O1. The van der Waals surface area contributed by atoms with Crippen molar-refractivity contribution < 1.29 is 9.53 Å². The van der Waals surface area contributed by atoms with Crippen molar-refractivity contribution in [2.24, 2.45) is 0 Å². The monoisotopic (exact) mass is 287 g/mol. The second-order valence-electron chi connectivity index (χ2n) is 4.75. The van der Waals surface area contributed by atoms with Crippen molar-refractivity contribution in [3.8, 4) is 5.75 Å². The Bertz CT molecular complexity index is 625. The Hall–Kier alpha value is -2.00. The van der Waals surface area contributed by atoms with Crippen molar-refractivity contribution in [3.05, 3.63) is 59.1 Å². The highest BCUT2D eigenvalue weighted by molar-refractivity contribution is 6.30. The fourth-order valence-electron chi connectivity index (χ4n) is 2.21. The van der Waals surface area contributed by atoms with Gasteiger partial charge in [-0.25, -0.2) is 0 Å². The van der Waals surface area contributed by atoms with Crippen molar-refractivity contribution in [3.63, 3.8) is 0 Å². The molecule has 3 rings (SSSR count). The molecule has 4 heteroatoms. The summed E-state index contributed by atoms with van der Waals surface area (Å²) in [5.74, 6) is 0.794. The molecule has 0 radical (unpaired) electrons. The third kappa shape index (κ3) is 2.78. The molecular formula is C16H14ClNO2. The number of hydrogen-bond donors (Lipinski definition) is 1. The molecule has 1 N–H and O–H groups in total. The summed E-state index contributed by atoms with van der Waals surface area (Å²) in [4.78, 5) is 12.3. The Morgan fingerprint density at radius 3 is 2.75 bits per heavy atom. The molecule has 1 unspecified atom stereocenters. The highest BCUT2D eigenvalue weighted by atomic mass is 35.5. The molecule has 2 aromatic carbocycles. The first kappa shape index (κ1) is 13.0. The molecule has 1 atom stereocenters. The molecule has 3 nitrogen and oxygen atoms in total. The van der Waals surface area contributed by atoms with E-state index in [4.69, 9.17) is 16.3 Å². The van der Waals surface area contributed by atoms with Crippen LogP contribution in [-0.4, -0.2) is 18.4 Å². The normalized spacial score (nSPS) is 16.8. The molecule has 0 bridgehead atoms. The Balaban J connectivity index is 1.68. The number of carbonyl (C=O) groups is 1. The third-order valence-corrected chi connectivity index (χ3v) is 3.54. The number of fused-ring (bicyclic) bond motifs is 1. The van der Waals surface area contributed by atoms with Crippen molar-refractivity contribution in [2.45, 2.75) is 12.5 Å². The zero-order chi connectivity index (χ0) is 13.9. The molecule has 20 heavy (non-hydrogen) atoms. The lowest BCUT2D eigenvalue weighted by Crippen LogP contribution is -2.38. The van der Waals surface area contributed by atoms with Crippen LogP contribution in [0.1, 0.15) is 5.56 Å². The van der Waals surface area contributed by atoms with Gasteiger partial charge >= 0.3 is 0 Å². The largest absolute Gasteiger partial charge is 0.479 e. The Kier molecular flexibility index (Phi) is 3.61. The first-order chi connectivity index (χ1) is 9.72. The lowest BCUT2D eigenvalue weighted by Gasteiger charge is -2.26. The van der Waals surface area contributed by atoms with Crippen LogP contribution < -0.4 is 10.1 Å². The second-order valence-corrected chi connectivity index (χ2v) is 5.19. The molecule has 1 aliphatic rings. The fourth-order valence-corrected chi connectivity index (χ4v) is 2.34. The number of Topliss-reactive ketones (excluding diaryl/α,β-unsaturated/α-hetero) is 1. The molecule has 0 saturated heterocycles. The maximum Gasteiger partial charge on any atom is 0.179 e. The van der Waals surface area contributed by atoms with Gasteiger partial charge in [-0.15, -0.1) is 0 Å². The molecule has 102 valence electrons. The maximum absolute atomic E-state index is 12.3. The Morgan fingerprint density at radius 1 is 1.20 bits per heavy atom. The van der Waals surface area contributed by atoms with E-state index < -0.39 is 6.10 Å². The molecule has 0 amide bonds. The van der Waals surface area contributed by atoms with Crippen LogP contribution in [0.25, 0.3) is 0 Å². The van der Waals surface area contributed by atoms with E-state index in [-0.39, 0.29) is 5.78 Å². The number of nitrogens with one attached hydrogen (secondary N) is 1. The van der Waals surface area contributed by atoms with Crippen LogP contribution in [0, 0.1) is 0 Å². The van der Waals surface area contributed by atoms with Crippen LogP contribution in [0.2, 0.25) is 5.02 Å². The minimum atomic E-state index is -0.444. The Labute approximate surface area is 122 Å². The van der Waals surface area contributed by atoms with E-state index in [1.54, 1.807) is 12.1 Å². The van der Waals surface area contributed by atoms with E-state index in [1.807, 2.05) is 36.4 Å². The van der Waals surface area contributed by atoms with Gasteiger partial charge in [-0.05, 0) is 29.8 Å². The molecule has 0 aliphatic carbocycles. The minimum Gasteiger partial charge on any atom is -0.479 e. The van der Waals surface area contributed by atoms with E-state index in [0.717, 1.165) is 17.0 Å². The average molecular weight is 288 g/mol. The summed E-state index contributed by atoms with van der Waals surface area (Å²) in [6, 6.07) is 14.9. The number of ketones is 1. The lowest BCUT2D eigenvalue weighted by atomic mass is 10.0. The minimum absolute atomic E-state index is 0.0642. The van der Waals surface area contributed by atoms with Crippen LogP contribution in [0.3, 0.4) is 0 Å². The first-order valence-corrected chi connectivity index (χ1v) is 6.87. The van der Waals surface area contributed by atoms with E-state index >= 15 is 0 Å². The smallest absolute Gasteiger partial charge is 0.179 e. The van der Waals surface area contributed by atoms with Crippen molar-refractivity contribution in [1.29, 1.82) is 0 Å². The van der Waals surface area contributed by atoms with Crippen molar-refractivity contribution in [2.75, 3.05) is 11.9 Å². The molecule has 0 fully saturated rings. The summed E-state index contributed by atoms with van der Waals surface area (Å²) in [5.41, 5.74) is 1.88. The van der Waals surface area contributed by atoms with Gasteiger partial charge in [0.1, 0.15) is 5.75 Å². The topological polar surface area (TPSA) is 38.3 Å². The van der Waals surface area contributed by atoms with Gasteiger partial charge in [0.25, 0.3) is 0 Å². The number of benzene rings is 2. The number of ether oxygens (including phenoxy) is 1. The van der Waals surface area contributed by atoms with Gasteiger partial charge in [0.05, 0.1) is 12.2 Å². The number of halogens is 1. The zero-order valence-corrected chi connectivity index (χ0v) is 11.6. The molecule has 0 saturated carbocycles. The standard InChI is InChI=1S/C16H14ClNO2/c17-12-7-5-11(6-8-12)9-14(19)16-10-18-13-3-1-2-4-15(13)20-16/h1-8,16,18H,9-10H2. The quantitative estimate of drug-likeness (QED) is 0.941. The summed E-state index contributed by atoms with van der Waals surface area (Å²) in [6.07, 6.45) is -0.0910. The van der Waals surface area contributed by atoms with E-state index in [1.165, 1.54) is 0 Å². The molecular weight excluding hydrogens is 274 g/mol. The third-order valence-electron chi connectivity index (χ3n) is 3.28. The van der Waals surface area contributed by atoms with Gasteiger partial charge in [0, 0.05) is 11.4 Å². The van der Waals surface area contributed by atoms with Gasteiger partial charge in [-0.3, -0.25) is 4.79 Å². The van der Waals surface area contributed by atoms with Gasteiger partial charge < -0.3 is 10.1 Å². The molecule has 0 spiro atoms. The Morgan fingerprint density at radius 2 is 1.95 bits per heavy atom. The molecule has 0 aromatic heterocycles. The van der Waals surface area contributed by atoms with Crippen LogP contribution >= 0.6 is 11.6 Å².